The molecule has 3 N–H and O–H groups in total. The standard InChI is InChI=1S/C10H16ClN3O2/c1-3-10(2,4-5-15)13-7-6-12-14-9(16)8(7)11/h6,15H,3-5H2,1-2H3,(H2,13,14,16). The van der Waals surface area contributed by atoms with Gasteiger partial charge < -0.3 is 10.4 Å². The van der Waals surface area contributed by atoms with Gasteiger partial charge in [-0.25, -0.2) is 5.10 Å². The van der Waals surface area contributed by atoms with Crippen LogP contribution in [0.15, 0.2) is 11.0 Å². The van der Waals surface area contributed by atoms with E-state index < -0.39 is 5.56 Å². The molecule has 5 nitrogen and oxygen atoms in total. The molecule has 0 amide bonds. The van der Waals surface area contributed by atoms with Crippen LogP contribution in [-0.2, 0) is 0 Å². The summed E-state index contributed by atoms with van der Waals surface area (Å²) < 4.78 is 0. The number of nitrogens with one attached hydrogen (secondary N) is 2. The second kappa shape index (κ2) is 5.32. The Hall–Kier alpha value is -1.07. The minimum atomic E-state index is -0.422. The van der Waals surface area contributed by atoms with Crippen LogP contribution in [0.3, 0.4) is 0 Å². The molecule has 1 aromatic heterocycles. The van der Waals surface area contributed by atoms with E-state index in [4.69, 9.17) is 16.7 Å². The van der Waals surface area contributed by atoms with Crippen molar-refractivity contribution in [3.8, 4) is 0 Å². The van der Waals surface area contributed by atoms with E-state index in [2.05, 4.69) is 15.5 Å². The Morgan fingerprint density at radius 1 is 1.69 bits per heavy atom. The third-order valence-electron chi connectivity index (χ3n) is 2.68. The van der Waals surface area contributed by atoms with Crippen LogP contribution >= 0.6 is 11.6 Å². The third-order valence-corrected chi connectivity index (χ3v) is 3.05. The minimum absolute atomic E-state index is 0.0750. The fourth-order valence-corrected chi connectivity index (χ4v) is 1.51. The molecule has 6 heteroatoms. The highest BCUT2D eigenvalue weighted by Crippen LogP contribution is 2.24. The molecule has 0 saturated carbocycles. The molecule has 0 bridgehead atoms. The maximum absolute atomic E-state index is 11.2. The van der Waals surface area contributed by atoms with Gasteiger partial charge in [0.2, 0.25) is 0 Å². The van der Waals surface area contributed by atoms with Crippen LogP contribution < -0.4 is 10.9 Å². The summed E-state index contributed by atoms with van der Waals surface area (Å²) >= 11 is 5.85. The number of aliphatic hydroxyl groups excluding tert-OH is 1. The molecular formula is C10H16ClN3O2. The largest absolute Gasteiger partial charge is 0.396 e. The number of halogens is 1. The molecule has 0 aliphatic heterocycles. The Bertz CT molecular complexity index is 407. The van der Waals surface area contributed by atoms with Crippen molar-refractivity contribution in [2.24, 2.45) is 0 Å². The van der Waals surface area contributed by atoms with Crippen LogP contribution in [0.25, 0.3) is 0 Å². The number of aromatic amines is 1. The summed E-state index contributed by atoms with van der Waals surface area (Å²) in [6, 6.07) is 0. The van der Waals surface area contributed by atoms with Crippen molar-refractivity contribution in [3.05, 3.63) is 21.6 Å². The van der Waals surface area contributed by atoms with Gasteiger partial charge in [0, 0.05) is 12.1 Å². The summed E-state index contributed by atoms with van der Waals surface area (Å²) in [5, 5.41) is 18.1. The monoisotopic (exact) mass is 245 g/mol. The van der Waals surface area contributed by atoms with Gasteiger partial charge in [0.25, 0.3) is 5.56 Å². The van der Waals surface area contributed by atoms with Crippen molar-refractivity contribution in [2.45, 2.75) is 32.2 Å². The smallest absolute Gasteiger partial charge is 0.285 e. The molecule has 1 rings (SSSR count). The van der Waals surface area contributed by atoms with Gasteiger partial charge in [-0.05, 0) is 19.8 Å². The summed E-state index contributed by atoms with van der Waals surface area (Å²) in [6.07, 6.45) is 2.85. The average Bonchev–Trinajstić information content (AvgIpc) is 2.25. The van der Waals surface area contributed by atoms with E-state index in [1.807, 2.05) is 13.8 Å². The molecule has 0 radical (unpaired) electrons. The van der Waals surface area contributed by atoms with Gasteiger partial charge in [-0.3, -0.25) is 4.79 Å². The number of aliphatic hydroxyl groups is 1. The molecule has 1 heterocycles. The Labute approximate surface area is 98.8 Å². The van der Waals surface area contributed by atoms with Crippen molar-refractivity contribution in [2.75, 3.05) is 11.9 Å². The maximum Gasteiger partial charge on any atom is 0.285 e. The molecule has 1 atom stereocenters. The lowest BCUT2D eigenvalue weighted by atomic mass is 9.95. The van der Waals surface area contributed by atoms with Gasteiger partial charge in [0.05, 0.1) is 11.9 Å². The fourth-order valence-electron chi connectivity index (χ4n) is 1.37. The zero-order valence-electron chi connectivity index (χ0n) is 9.38. The molecule has 0 aliphatic carbocycles. The number of aromatic nitrogens is 2. The number of hydrogen-bond acceptors (Lipinski definition) is 4. The van der Waals surface area contributed by atoms with E-state index in [0.29, 0.717) is 12.1 Å². The molecule has 0 aromatic carbocycles. The summed E-state index contributed by atoms with van der Waals surface area (Å²) in [5.41, 5.74) is -0.231. The summed E-state index contributed by atoms with van der Waals surface area (Å²) in [4.78, 5) is 11.2. The van der Waals surface area contributed by atoms with E-state index in [1.54, 1.807) is 0 Å². The van der Waals surface area contributed by atoms with E-state index in [1.165, 1.54) is 6.20 Å². The Morgan fingerprint density at radius 3 is 2.94 bits per heavy atom. The molecular weight excluding hydrogens is 230 g/mol. The Balaban J connectivity index is 2.94. The molecule has 0 aliphatic rings. The van der Waals surface area contributed by atoms with Crippen LogP contribution in [0.5, 0.6) is 0 Å². The molecule has 16 heavy (non-hydrogen) atoms. The quantitative estimate of drug-likeness (QED) is 0.733. The Morgan fingerprint density at radius 2 is 2.38 bits per heavy atom. The first-order valence-electron chi connectivity index (χ1n) is 5.14. The highest BCUT2D eigenvalue weighted by molar-refractivity contribution is 6.32. The highest BCUT2D eigenvalue weighted by Gasteiger charge is 2.22. The summed E-state index contributed by atoms with van der Waals surface area (Å²) in [6.45, 7) is 4.03. The SMILES string of the molecule is CCC(C)(CCO)Nc1cn[nH]c(=O)c1Cl. The normalized spacial score (nSPS) is 14.5. The first kappa shape index (κ1) is 13.0. The zero-order chi connectivity index (χ0) is 12.2. The van der Waals surface area contributed by atoms with Gasteiger partial charge in [0.15, 0.2) is 0 Å². The lowest BCUT2D eigenvalue weighted by Gasteiger charge is -2.30. The first-order chi connectivity index (χ1) is 7.52. The maximum atomic E-state index is 11.2. The highest BCUT2D eigenvalue weighted by atomic mass is 35.5. The van der Waals surface area contributed by atoms with E-state index >= 15 is 0 Å². The van der Waals surface area contributed by atoms with E-state index in [9.17, 15) is 4.79 Å². The fraction of sp³-hybridized carbons (Fsp3) is 0.600. The van der Waals surface area contributed by atoms with Crippen molar-refractivity contribution in [1.82, 2.24) is 10.2 Å². The number of nitrogens with zero attached hydrogens (tertiary/aromatic N) is 1. The van der Waals surface area contributed by atoms with Crippen molar-refractivity contribution in [1.29, 1.82) is 0 Å². The van der Waals surface area contributed by atoms with Crippen LogP contribution in [0.1, 0.15) is 26.7 Å². The lowest BCUT2D eigenvalue weighted by molar-refractivity contribution is 0.252. The van der Waals surface area contributed by atoms with Gasteiger partial charge >= 0.3 is 0 Å². The zero-order valence-corrected chi connectivity index (χ0v) is 10.1. The van der Waals surface area contributed by atoms with Crippen molar-refractivity contribution < 1.29 is 5.11 Å². The molecule has 1 aromatic rings. The summed E-state index contributed by atoms with van der Waals surface area (Å²) in [5.74, 6) is 0. The number of rotatable bonds is 5. The number of H-pyrrole nitrogens is 1. The van der Waals surface area contributed by atoms with Crippen LogP contribution in [0, 0.1) is 0 Å². The van der Waals surface area contributed by atoms with E-state index in [0.717, 1.165) is 6.42 Å². The molecule has 0 fully saturated rings. The van der Waals surface area contributed by atoms with Crippen molar-refractivity contribution >= 4 is 17.3 Å². The van der Waals surface area contributed by atoms with Gasteiger partial charge in [-0.2, -0.15) is 5.10 Å². The van der Waals surface area contributed by atoms with Gasteiger partial charge in [-0.15, -0.1) is 0 Å². The predicted molar refractivity (Wildman–Crippen MR) is 63.9 cm³/mol. The second-order valence-corrected chi connectivity index (χ2v) is 4.32. The lowest BCUT2D eigenvalue weighted by Crippen LogP contribution is -2.35. The van der Waals surface area contributed by atoms with Gasteiger partial charge in [0.1, 0.15) is 5.02 Å². The van der Waals surface area contributed by atoms with Crippen molar-refractivity contribution in [3.63, 3.8) is 0 Å². The number of anilines is 1. The summed E-state index contributed by atoms with van der Waals surface area (Å²) in [7, 11) is 0. The van der Waals surface area contributed by atoms with Gasteiger partial charge in [-0.1, -0.05) is 18.5 Å². The minimum Gasteiger partial charge on any atom is -0.396 e. The Kier molecular flexibility index (Phi) is 4.32. The molecule has 90 valence electrons. The average molecular weight is 246 g/mol. The second-order valence-electron chi connectivity index (χ2n) is 3.94. The molecule has 1 unspecified atom stereocenters. The van der Waals surface area contributed by atoms with Crippen LogP contribution in [-0.4, -0.2) is 27.4 Å². The van der Waals surface area contributed by atoms with Crippen LogP contribution in [0.2, 0.25) is 5.02 Å². The molecule has 0 spiro atoms. The predicted octanol–water partition coefficient (Wildman–Crippen LogP) is 1.39. The first-order valence-corrected chi connectivity index (χ1v) is 5.52. The topological polar surface area (TPSA) is 78.0 Å². The number of hydrogen-bond donors (Lipinski definition) is 3. The van der Waals surface area contributed by atoms with Crippen LogP contribution in [0.4, 0.5) is 5.69 Å². The molecule has 0 saturated heterocycles. The third kappa shape index (κ3) is 2.96. The van der Waals surface area contributed by atoms with E-state index in [-0.39, 0.29) is 17.2 Å².